The van der Waals surface area contributed by atoms with Gasteiger partial charge in [-0.25, -0.2) is 0 Å². The molecule has 2 nitrogen and oxygen atoms in total. The number of nitrogens with one attached hydrogen (secondary N) is 1. The van der Waals surface area contributed by atoms with Crippen LogP contribution in [-0.2, 0) is 0 Å². The Morgan fingerprint density at radius 1 is 1.25 bits per heavy atom. The molecule has 0 bridgehead atoms. The zero-order chi connectivity index (χ0) is 8.39. The molecule has 2 rings (SSSR count). The first-order chi connectivity index (χ1) is 5.88. The van der Waals surface area contributed by atoms with Gasteiger partial charge < -0.3 is 10.2 Å². The minimum absolute atomic E-state index is 0.797. The van der Waals surface area contributed by atoms with E-state index < -0.39 is 0 Å². The first-order valence-corrected chi connectivity index (χ1v) is 5.37. The summed E-state index contributed by atoms with van der Waals surface area (Å²) in [7, 11) is 0. The van der Waals surface area contributed by atoms with Gasteiger partial charge in [-0.1, -0.05) is 6.92 Å². The molecule has 1 aliphatic carbocycles. The minimum Gasteiger partial charge on any atom is -0.310 e. The number of rotatable bonds is 3. The first-order valence-electron chi connectivity index (χ1n) is 5.37. The molecule has 1 saturated carbocycles. The SMILES string of the molecule is CCN1CCCC(NC2CC2)C1. The lowest BCUT2D eigenvalue weighted by atomic mass is 10.1. The summed E-state index contributed by atoms with van der Waals surface area (Å²) in [5, 5.41) is 3.72. The number of likely N-dealkylation sites (N-methyl/N-ethyl adjacent to an activating group) is 1. The van der Waals surface area contributed by atoms with Crippen LogP contribution in [0.5, 0.6) is 0 Å². The Bertz CT molecular complexity index is 143. The second-order valence-corrected chi connectivity index (χ2v) is 4.17. The largest absolute Gasteiger partial charge is 0.310 e. The van der Waals surface area contributed by atoms with Gasteiger partial charge in [0.2, 0.25) is 0 Å². The van der Waals surface area contributed by atoms with Crippen molar-refractivity contribution in [2.45, 2.75) is 44.7 Å². The monoisotopic (exact) mass is 168 g/mol. The second kappa shape index (κ2) is 3.75. The van der Waals surface area contributed by atoms with Gasteiger partial charge in [-0.15, -0.1) is 0 Å². The van der Waals surface area contributed by atoms with Crippen LogP contribution in [0.2, 0.25) is 0 Å². The van der Waals surface area contributed by atoms with Crippen LogP contribution in [0, 0.1) is 0 Å². The molecule has 70 valence electrons. The Morgan fingerprint density at radius 3 is 2.75 bits per heavy atom. The summed E-state index contributed by atoms with van der Waals surface area (Å²) in [6.07, 6.45) is 5.62. The number of likely N-dealkylation sites (tertiary alicyclic amines) is 1. The summed E-state index contributed by atoms with van der Waals surface area (Å²) in [4.78, 5) is 2.56. The second-order valence-electron chi connectivity index (χ2n) is 4.17. The van der Waals surface area contributed by atoms with Gasteiger partial charge >= 0.3 is 0 Å². The van der Waals surface area contributed by atoms with Gasteiger partial charge in [0.25, 0.3) is 0 Å². The lowest BCUT2D eigenvalue weighted by Crippen LogP contribution is -2.46. The van der Waals surface area contributed by atoms with E-state index in [-0.39, 0.29) is 0 Å². The highest BCUT2D eigenvalue weighted by Gasteiger charge is 2.26. The van der Waals surface area contributed by atoms with Crippen LogP contribution in [-0.4, -0.2) is 36.6 Å². The molecule has 0 spiro atoms. The maximum Gasteiger partial charge on any atom is 0.0198 e. The van der Waals surface area contributed by atoms with Crippen LogP contribution in [0.3, 0.4) is 0 Å². The van der Waals surface area contributed by atoms with Crippen LogP contribution >= 0.6 is 0 Å². The Balaban J connectivity index is 1.73. The molecule has 12 heavy (non-hydrogen) atoms. The molecule has 2 fully saturated rings. The maximum absolute atomic E-state index is 3.72. The number of nitrogens with zero attached hydrogens (tertiary/aromatic N) is 1. The van der Waals surface area contributed by atoms with Gasteiger partial charge in [0.1, 0.15) is 0 Å². The van der Waals surface area contributed by atoms with Gasteiger partial charge in [-0.05, 0) is 38.8 Å². The minimum atomic E-state index is 0.797. The summed E-state index contributed by atoms with van der Waals surface area (Å²) in [5.41, 5.74) is 0. The van der Waals surface area contributed by atoms with E-state index in [4.69, 9.17) is 0 Å². The van der Waals surface area contributed by atoms with Crippen molar-refractivity contribution in [1.29, 1.82) is 0 Å². The Hall–Kier alpha value is -0.0800. The lowest BCUT2D eigenvalue weighted by molar-refractivity contribution is 0.198. The van der Waals surface area contributed by atoms with Crippen molar-refractivity contribution in [3.05, 3.63) is 0 Å². The molecule has 1 aliphatic heterocycles. The zero-order valence-electron chi connectivity index (χ0n) is 8.05. The molecule has 1 heterocycles. The quantitative estimate of drug-likeness (QED) is 0.681. The third-order valence-electron chi connectivity index (χ3n) is 3.00. The molecule has 1 unspecified atom stereocenters. The standard InChI is InChI=1S/C10H20N2/c1-2-12-7-3-4-10(8-12)11-9-5-6-9/h9-11H,2-8H2,1H3. The average Bonchev–Trinajstić information content (AvgIpc) is 2.89. The fourth-order valence-corrected chi connectivity index (χ4v) is 2.06. The van der Waals surface area contributed by atoms with Gasteiger partial charge in [-0.3, -0.25) is 0 Å². The van der Waals surface area contributed by atoms with Crippen molar-refractivity contribution in [3.63, 3.8) is 0 Å². The highest BCUT2D eigenvalue weighted by Crippen LogP contribution is 2.21. The third kappa shape index (κ3) is 2.20. The molecule has 0 aromatic heterocycles. The van der Waals surface area contributed by atoms with E-state index in [0.29, 0.717) is 0 Å². The summed E-state index contributed by atoms with van der Waals surface area (Å²) in [6.45, 7) is 6.09. The third-order valence-corrected chi connectivity index (χ3v) is 3.00. The van der Waals surface area contributed by atoms with Crippen LogP contribution in [0.15, 0.2) is 0 Å². The molecule has 0 aromatic rings. The highest BCUT2D eigenvalue weighted by atomic mass is 15.2. The summed E-state index contributed by atoms with van der Waals surface area (Å²) >= 11 is 0. The molecule has 2 aliphatic rings. The first kappa shape index (κ1) is 8.52. The van der Waals surface area contributed by atoms with Crippen molar-refractivity contribution in [1.82, 2.24) is 10.2 Å². The summed E-state index contributed by atoms with van der Waals surface area (Å²) < 4.78 is 0. The molecule has 1 saturated heterocycles. The van der Waals surface area contributed by atoms with Crippen molar-refractivity contribution in [3.8, 4) is 0 Å². The van der Waals surface area contributed by atoms with Crippen LogP contribution in [0.25, 0.3) is 0 Å². The van der Waals surface area contributed by atoms with Gasteiger partial charge in [0.15, 0.2) is 0 Å². The number of hydrogen-bond acceptors (Lipinski definition) is 2. The Labute approximate surface area is 75.3 Å². The lowest BCUT2D eigenvalue weighted by Gasteiger charge is -2.32. The van der Waals surface area contributed by atoms with Crippen molar-refractivity contribution >= 4 is 0 Å². The van der Waals surface area contributed by atoms with Gasteiger partial charge in [-0.2, -0.15) is 0 Å². The molecule has 1 N–H and O–H groups in total. The van der Waals surface area contributed by atoms with E-state index in [9.17, 15) is 0 Å². The molecule has 0 amide bonds. The number of hydrogen-bond donors (Lipinski definition) is 1. The molecule has 1 atom stereocenters. The van der Waals surface area contributed by atoms with E-state index >= 15 is 0 Å². The predicted octanol–water partition coefficient (Wildman–Crippen LogP) is 1.22. The highest BCUT2D eigenvalue weighted by molar-refractivity contribution is 4.87. The maximum atomic E-state index is 3.72. The normalized spacial score (nSPS) is 32.2. The van der Waals surface area contributed by atoms with E-state index in [1.807, 2.05) is 0 Å². The van der Waals surface area contributed by atoms with E-state index in [1.165, 1.54) is 45.3 Å². The average molecular weight is 168 g/mol. The van der Waals surface area contributed by atoms with Crippen molar-refractivity contribution < 1.29 is 0 Å². The van der Waals surface area contributed by atoms with Crippen LogP contribution in [0.4, 0.5) is 0 Å². The van der Waals surface area contributed by atoms with Crippen molar-refractivity contribution in [2.75, 3.05) is 19.6 Å². The van der Waals surface area contributed by atoms with Crippen LogP contribution < -0.4 is 5.32 Å². The Kier molecular flexibility index (Phi) is 2.66. The van der Waals surface area contributed by atoms with E-state index in [1.54, 1.807) is 0 Å². The fraction of sp³-hybridized carbons (Fsp3) is 1.00. The van der Waals surface area contributed by atoms with Crippen molar-refractivity contribution in [2.24, 2.45) is 0 Å². The smallest absolute Gasteiger partial charge is 0.0198 e. The predicted molar refractivity (Wildman–Crippen MR) is 51.3 cm³/mol. The van der Waals surface area contributed by atoms with E-state index in [0.717, 1.165) is 12.1 Å². The Morgan fingerprint density at radius 2 is 2.08 bits per heavy atom. The molecule has 0 radical (unpaired) electrons. The fourth-order valence-electron chi connectivity index (χ4n) is 2.06. The topological polar surface area (TPSA) is 15.3 Å². The van der Waals surface area contributed by atoms with E-state index in [2.05, 4.69) is 17.1 Å². The molecule has 0 aromatic carbocycles. The number of piperidine rings is 1. The zero-order valence-corrected chi connectivity index (χ0v) is 8.05. The molecule has 2 heteroatoms. The molecular formula is C10H20N2. The van der Waals surface area contributed by atoms with Gasteiger partial charge in [0.05, 0.1) is 0 Å². The molecular weight excluding hydrogens is 148 g/mol. The summed E-state index contributed by atoms with van der Waals surface area (Å²) in [6, 6.07) is 1.68. The van der Waals surface area contributed by atoms with Crippen LogP contribution in [0.1, 0.15) is 32.6 Å². The van der Waals surface area contributed by atoms with Gasteiger partial charge in [0, 0.05) is 18.6 Å². The summed E-state index contributed by atoms with van der Waals surface area (Å²) in [5.74, 6) is 0.